The molecule has 0 fully saturated rings. The van der Waals surface area contributed by atoms with Crippen molar-refractivity contribution >= 4 is 10.0 Å². The molecule has 0 unspecified atom stereocenters. The van der Waals surface area contributed by atoms with Gasteiger partial charge in [0, 0.05) is 19.1 Å². The van der Waals surface area contributed by atoms with Crippen molar-refractivity contribution in [3.63, 3.8) is 0 Å². The van der Waals surface area contributed by atoms with E-state index in [1.807, 2.05) is 13.8 Å². The fourth-order valence-corrected chi connectivity index (χ4v) is 3.53. The maximum Gasteiger partial charge on any atom is 0.244 e. The molecule has 0 aliphatic heterocycles. The second kappa shape index (κ2) is 5.60. The SMILES string of the molecule is CCC(N)(CC)CNS(=O)(=O)c1c(C)nn(C)c1C. The molecule has 0 bridgehead atoms. The first kappa shape index (κ1) is 16.1. The van der Waals surface area contributed by atoms with Gasteiger partial charge in [0.15, 0.2) is 0 Å². The Hall–Kier alpha value is -0.920. The van der Waals surface area contributed by atoms with Crippen molar-refractivity contribution in [3.8, 4) is 0 Å². The first-order chi connectivity index (χ1) is 8.67. The van der Waals surface area contributed by atoms with E-state index in [-0.39, 0.29) is 11.4 Å². The molecule has 0 aliphatic carbocycles. The number of aromatic nitrogens is 2. The molecule has 6 nitrogen and oxygen atoms in total. The molecule has 3 N–H and O–H groups in total. The number of nitrogens with one attached hydrogen (secondary N) is 1. The van der Waals surface area contributed by atoms with E-state index >= 15 is 0 Å². The smallest absolute Gasteiger partial charge is 0.244 e. The van der Waals surface area contributed by atoms with Crippen LogP contribution in [0.5, 0.6) is 0 Å². The van der Waals surface area contributed by atoms with Gasteiger partial charge in [0.25, 0.3) is 0 Å². The third kappa shape index (κ3) is 3.34. The molecule has 0 amide bonds. The van der Waals surface area contributed by atoms with Crippen LogP contribution in [-0.4, -0.2) is 30.3 Å². The third-order valence-corrected chi connectivity index (χ3v) is 5.39. The van der Waals surface area contributed by atoms with E-state index in [0.29, 0.717) is 11.4 Å². The molecule has 0 radical (unpaired) electrons. The molecule has 110 valence electrons. The van der Waals surface area contributed by atoms with Crippen molar-refractivity contribution < 1.29 is 8.42 Å². The number of hydrogen-bond donors (Lipinski definition) is 2. The standard InChI is InChI=1S/C12H24N4O2S/c1-6-12(13,7-2)8-14-19(17,18)11-9(3)15-16(5)10(11)4/h14H,6-8,13H2,1-5H3. The van der Waals surface area contributed by atoms with Crippen LogP contribution in [0.4, 0.5) is 0 Å². The van der Waals surface area contributed by atoms with E-state index in [1.165, 1.54) is 0 Å². The van der Waals surface area contributed by atoms with Crippen LogP contribution in [0, 0.1) is 13.8 Å². The van der Waals surface area contributed by atoms with E-state index in [9.17, 15) is 8.42 Å². The molecule has 1 aromatic heterocycles. The largest absolute Gasteiger partial charge is 0.324 e. The molecule has 0 aliphatic rings. The van der Waals surface area contributed by atoms with Gasteiger partial charge < -0.3 is 5.73 Å². The summed E-state index contributed by atoms with van der Waals surface area (Å²) in [6, 6.07) is 0. The molecule has 0 atom stereocenters. The summed E-state index contributed by atoms with van der Waals surface area (Å²) in [6.07, 6.45) is 1.44. The van der Waals surface area contributed by atoms with Crippen molar-refractivity contribution in [1.29, 1.82) is 0 Å². The lowest BCUT2D eigenvalue weighted by Gasteiger charge is -2.26. The Morgan fingerprint density at radius 3 is 2.21 bits per heavy atom. The Morgan fingerprint density at radius 1 is 1.32 bits per heavy atom. The molecule has 0 saturated heterocycles. The zero-order chi connectivity index (χ0) is 14.8. The summed E-state index contributed by atoms with van der Waals surface area (Å²) >= 11 is 0. The molecule has 1 rings (SSSR count). The van der Waals surface area contributed by atoms with Crippen molar-refractivity contribution in [2.45, 2.75) is 51.0 Å². The summed E-state index contributed by atoms with van der Waals surface area (Å²) in [4.78, 5) is 0.254. The Balaban J connectivity index is 3.00. The fraction of sp³-hybridized carbons (Fsp3) is 0.750. The predicted octanol–water partition coefficient (Wildman–Crippen LogP) is 0.833. The molecule has 1 aromatic rings. The first-order valence-corrected chi connectivity index (χ1v) is 7.94. The Kier molecular flexibility index (Phi) is 4.76. The highest BCUT2D eigenvalue weighted by molar-refractivity contribution is 7.89. The van der Waals surface area contributed by atoms with Crippen LogP contribution in [0.3, 0.4) is 0 Å². The summed E-state index contributed by atoms with van der Waals surface area (Å²) in [5.41, 5.74) is 6.74. The van der Waals surface area contributed by atoms with Gasteiger partial charge >= 0.3 is 0 Å². The zero-order valence-electron chi connectivity index (χ0n) is 12.3. The van der Waals surface area contributed by atoms with Gasteiger partial charge in [0.1, 0.15) is 4.90 Å². The minimum absolute atomic E-state index is 0.232. The molecular formula is C12H24N4O2S. The topological polar surface area (TPSA) is 90.0 Å². The normalized spacial score (nSPS) is 12.9. The van der Waals surface area contributed by atoms with Crippen LogP contribution < -0.4 is 10.5 Å². The third-order valence-electron chi connectivity index (χ3n) is 3.73. The molecular weight excluding hydrogens is 264 g/mol. The predicted molar refractivity (Wildman–Crippen MR) is 75.4 cm³/mol. The summed E-state index contributed by atoms with van der Waals surface area (Å²) in [7, 11) is -1.84. The van der Waals surface area contributed by atoms with Gasteiger partial charge in [0.05, 0.1) is 11.4 Å². The van der Waals surface area contributed by atoms with Crippen molar-refractivity contribution in [1.82, 2.24) is 14.5 Å². The first-order valence-electron chi connectivity index (χ1n) is 6.45. The van der Waals surface area contributed by atoms with Crippen LogP contribution in [0.2, 0.25) is 0 Å². The van der Waals surface area contributed by atoms with Gasteiger partial charge in [-0.15, -0.1) is 0 Å². The average molecular weight is 288 g/mol. The number of rotatable bonds is 6. The highest BCUT2D eigenvalue weighted by Gasteiger charge is 2.27. The summed E-state index contributed by atoms with van der Waals surface area (Å²) in [5, 5.41) is 4.13. The van der Waals surface area contributed by atoms with Gasteiger partial charge in [-0.3, -0.25) is 4.68 Å². The van der Waals surface area contributed by atoms with Gasteiger partial charge in [-0.1, -0.05) is 13.8 Å². The maximum atomic E-state index is 12.3. The van der Waals surface area contributed by atoms with Crippen molar-refractivity contribution in [3.05, 3.63) is 11.4 Å². The monoisotopic (exact) mass is 288 g/mol. The lowest BCUT2D eigenvalue weighted by molar-refractivity contribution is 0.391. The van der Waals surface area contributed by atoms with E-state index in [2.05, 4.69) is 9.82 Å². The van der Waals surface area contributed by atoms with Crippen LogP contribution in [-0.2, 0) is 17.1 Å². The molecule has 0 aromatic carbocycles. The maximum absolute atomic E-state index is 12.3. The van der Waals surface area contributed by atoms with Crippen LogP contribution in [0.15, 0.2) is 4.90 Å². The van der Waals surface area contributed by atoms with E-state index in [0.717, 1.165) is 12.8 Å². The van der Waals surface area contributed by atoms with Crippen LogP contribution in [0.25, 0.3) is 0 Å². The highest BCUT2D eigenvalue weighted by Crippen LogP contribution is 2.19. The molecule has 0 spiro atoms. The van der Waals surface area contributed by atoms with Gasteiger partial charge in [0.2, 0.25) is 10.0 Å². The number of aryl methyl sites for hydroxylation is 2. The molecule has 19 heavy (non-hydrogen) atoms. The number of hydrogen-bond acceptors (Lipinski definition) is 4. The second-order valence-corrected chi connectivity index (χ2v) is 6.72. The number of sulfonamides is 1. The van der Waals surface area contributed by atoms with E-state index in [4.69, 9.17) is 5.73 Å². The second-order valence-electron chi connectivity index (χ2n) is 5.02. The zero-order valence-corrected chi connectivity index (χ0v) is 13.1. The highest BCUT2D eigenvalue weighted by atomic mass is 32.2. The molecule has 1 heterocycles. The van der Waals surface area contributed by atoms with E-state index < -0.39 is 15.6 Å². The fourth-order valence-electron chi connectivity index (χ4n) is 1.95. The quantitative estimate of drug-likeness (QED) is 0.811. The van der Waals surface area contributed by atoms with Crippen molar-refractivity contribution in [2.75, 3.05) is 6.54 Å². The van der Waals surface area contributed by atoms with Crippen molar-refractivity contribution in [2.24, 2.45) is 12.8 Å². The lowest BCUT2D eigenvalue weighted by atomic mass is 9.95. The summed E-state index contributed by atoms with van der Waals surface area (Å²) in [6.45, 7) is 7.58. The average Bonchev–Trinajstić information content (AvgIpc) is 2.61. The lowest BCUT2D eigenvalue weighted by Crippen LogP contribution is -2.49. The minimum Gasteiger partial charge on any atom is -0.324 e. The number of nitrogens with zero attached hydrogens (tertiary/aromatic N) is 2. The van der Waals surface area contributed by atoms with Gasteiger partial charge in [-0.25, -0.2) is 13.1 Å². The summed E-state index contributed by atoms with van der Waals surface area (Å²) < 4.78 is 28.9. The Bertz CT molecular complexity index is 544. The number of nitrogens with two attached hydrogens (primary N) is 1. The van der Waals surface area contributed by atoms with Gasteiger partial charge in [-0.05, 0) is 26.7 Å². The van der Waals surface area contributed by atoms with Crippen LogP contribution in [0.1, 0.15) is 38.1 Å². The molecule has 0 saturated carbocycles. The van der Waals surface area contributed by atoms with Crippen LogP contribution >= 0.6 is 0 Å². The summed E-state index contributed by atoms with van der Waals surface area (Å²) in [5.74, 6) is 0. The Morgan fingerprint density at radius 2 is 1.84 bits per heavy atom. The van der Waals surface area contributed by atoms with Gasteiger partial charge in [-0.2, -0.15) is 5.10 Å². The van der Waals surface area contributed by atoms with E-state index in [1.54, 1.807) is 25.6 Å². The Labute approximate surface area is 115 Å². The minimum atomic E-state index is -3.57. The molecule has 7 heteroatoms.